The molecule has 2 aromatic rings. The van der Waals surface area contributed by atoms with Crippen LogP contribution >= 0.6 is 0 Å². The lowest BCUT2D eigenvalue weighted by molar-refractivity contribution is -0.123. The van der Waals surface area contributed by atoms with Crippen molar-refractivity contribution < 1.29 is 9.59 Å². The molecule has 5 nitrogen and oxygen atoms in total. The summed E-state index contributed by atoms with van der Waals surface area (Å²) in [6.45, 7) is 8.28. The molecule has 0 fully saturated rings. The Kier molecular flexibility index (Phi) is 6.73. The highest BCUT2D eigenvalue weighted by Gasteiger charge is 2.18. The van der Waals surface area contributed by atoms with Crippen LogP contribution in [0.15, 0.2) is 42.5 Å². The number of nitriles is 1. The fraction of sp³-hybridized carbons (Fsp3) is 0.318. The molecule has 2 rings (SSSR count). The highest BCUT2D eigenvalue weighted by atomic mass is 16.2. The Morgan fingerprint density at radius 1 is 0.889 bits per heavy atom. The van der Waals surface area contributed by atoms with Crippen LogP contribution in [0.25, 0.3) is 0 Å². The zero-order chi connectivity index (χ0) is 20.0. The average molecular weight is 363 g/mol. The molecule has 0 aliphatic heterocycles. The summed E-state index contributed by atoms with van der Waals surface area (Å²) in [6.07, 6.45) is -0.316. The van der Waals surface area contributed by atoms with E-state index in [1.807, 2.05) is 24.3 Å². The third-order valence-corrected chi connectivity index (χ3v) is 4.28. The van der Waals surface area contributed by atoms with Gasteiger partial charge in [-0.25, -0.2) is 0 Å². The van der Waals surface area contributed by atoms with E-state index in [9.17, 15) is 9.59 Å². The van der Waals surface area contributed by atoms with Gasteiger partial charge in [0.1, 0.15) is 12.5 Å². The first-order valence-electron chi connectivity index (χ1n) is 9.05. The Bertz CT molecular complexity index is 853. The molecule has 0 atom stereocenters. The molecule has 0 saturated carbocycles. The fourth-order valence-electron chi connectivity index (χ4n) is 2.91. The Hall–Kier alpha value is -3.13. The Balaban J connectivity index is 2.14. The van der Waals surface area contributed by atoms with E-state index in [1.54, 1.807) is 24.3 Å². The third-order valence-electron chi connectivity index (χ3n) is 4.28. The lowest BCUT2D eigenvalue weighted by atomic mass is 9.92. The second kappa shape index (κ2) is 9.00. The van der Waals surface area contributed by atoms with E-state index in [1.165, 1.54) is 0 Å². The van der Waals surface area contributed by atoms with Gasteiger partial charge in [-0.2, -0.15) is 5.26 Å². The van der Waals surface area contributed by atoms with Gasteiger partial charge in [-0.3, -0.25) is 9.59 Å². The van der Waals surface area contributed by atoms with Crippen LogP contribution in [0.5, 0.6) is 0 Å². The zero-order valence-corrected chi connectivity index (χ0v) is 16.2. The number of carbonyl (C=O) groups is 2. The molecule has 0 unspecified atom stereocenters. The number of hydrogen-bond acceptors (Lipinski definition) is 3. The lowest BCUT2D eigenvalue weighted by Gasteiger charge is -2.20. The van der Waals surface area contributed by atoms with Gasteiger partial charge in [0, 0.05) is 5.69 Å². The second-order valence-electron chi connectivity index (χ2n) is 7.05. The molecule has 0 saturated heterocycles. The molecule has 2 amide bonds. The van der Waals surface area contributed by atoms with E-state index in [-0.39, 0.29) is 24.2 Å². The maximum atomic E-state index is 12.5. The number of benzene rings is 2. The third kappa shape index (κ3) is 5.18. The average Bonchev–Trinajstić information content (AvgIpc) is 2.61. The molecule has 0 heterocycles. The van der Waals surface area contributed by atoms with Crippen molar-refractivity contribution in [3.05, 3.63) is 59.2 Å². The molecule has 5 heteroatoms. The van der Waals surface area contributed by atoms with Crippen molar-refractivity contribution in [1.82, 2.24) is 0 Å². The van der Waals surface area contributed by atoms with Crippen LogP contribution in [-0.2, 0) is 9.59 Å². The number of rotatable bonds is 6. The van der Waals surface area contributed by atoms with Gasteiger partial charge < -0.3 is 10.6 Å². The topological polar surface area (TPSA) is 82.0 Å². The Morgan fingerprint density at radius 3 is 2.00 bits per heavy atom. The van der Waals surface area contributed by atoms with Crippen molar-refractivity contribution in [2.75, 3.05) is 10.6 Å². The van der Waals surface area contributed by atoms with Crippen molar-refractivity contribution in [2.45, 2.75) is 46.0 Å². The van der Waals surface area contributed by atoms with Crippen LogP contribution in [0.3, 0.4) is 0 Å². The molecule has 0 spiro atoms. The zero-order valence-electron chi connectivity index (χ0n) is 16.2. The normalized spacial score (nSPS) is 10.6. The van der Waals surface area contributed by atoms with Gasteiger partial charge in [0.2, 0.25) is 11.8 Å². The number of nitrogens with one attached hydrogen (secondary N) is 2. The summed E-state index contributed by atoms with van der Waals surface area (Å²) >= 11 is 0. The van der Waals surface area contributed by atoms with Gasteiger partial charge in [-0.1, -0.05) is 58.0 Å². The van der Waals surface area contributed by atoms with Gasteiger partial charge in [-0.05, 0) is 35.1 Å². The summed E-state index contributed by atoms with van der Waals surface area (Å²) in [6, 6.07) is 14.7. The number of amides is 2. The van der Waals surface area contributed by atoms with E-state index >= 15 is 0 Å². The minimum absolute atomic E-state index is 0.246. The molecular weight excluding hydrogens is 338 g/mol. The monoisotopic (exact) mass is 363 g/mol. The predicted molar refractivity (Wildman–Crippen MR) is 108 cm³/mol. The highest BCUT2D eigenvalue weighted by Crippen LogP contribution is 2.32. The smallest absolute Gasteiger partial charge is 0.233 e. The molecule has 0 bridgehead atoms. The van der Waals surface area contributed by atoms with Gasteiger partial charge in [0.05, 0.1) is 11.3 Å². The van der Waals surface area contributed by atoms with Crippen molar-refractivity contribution in [3.63, 3.8) is 0 Å². The van der Waals surface area contributed by atoms with Crippen LogP contribution in [-0.4, -0.2) is 11.8 Å². The van der Waals surface area contributed by atoms with Crippen molar-refractivity contribution in [2.24, 2.45) is 0 Å². The summed E-state index contributed by atoms with van der Waals surface area (Å²) in [5.41, 5.74) is 3.65. The minimum Gasteiger partial charge on any atom is -0.325 e. The molecule has 2 aromatic carbocycles. The van der Waals surface area contributed by atoms with E-state index in [0.29, 0.717) is 11.3 Å². The summed E-state index contributed by atoms with van der Waals surface area (Å²) < 4.78 is 0. The Morgan fingerprint density at radius 2 is 1.44 bits per heavy atom. The second-order valence-corrected chi connectivity index (χ2v) is 7.05. The van der Waals surface area contributed by atoms with E-state index in [2.05, 4.69) is 38.3 Å². The lowest BCUT2D eigenvalue weighted by Crippen LogP contribution is -2.23. The Labute approximate surface area is 160 Å². The number of nitrogens with zero attached hydrogens (tertiary/aromatic N) is 1. The summed E-state index contributed by atoms with van der Waals surface area (Å²) in [7, 11) is 0. The summed E-state index contributed by atoms with van der Waals surface area (Å²) in [4.78, 5) is 24.7. The SMILES string of the molecule is CC(C)c1cccc(C(C)C)c1NC(=O)CC(=O)Nc1ccccc1C#N. The van der Waals surface area contributed by atoms with E-state index in [0.717, 1.165) is 16.8 Å². The van der Waals surface area contributed by atoms with Crippen LogP contribution < -0.4 is 10.6 Å². The number of anilines is 2. The van der Waals surface area contributed by atoms with Crippen LogP contribution in [0.2, 0.25) is 0 Å². The standard InChI is InChI=1S/C22H25N3O2/c1-14(2)17-9-7-10-18(15(3)4)22(17)25-21(27)12-20(26)24-19-11-6-5-8-16(19)13-23/h5-11,14-15H,12H2,1-4H3,(H,24,26)(H,25,27). The van der Waals surface area contributed by atoms with Crippen molar-refractivity contribution in [3.8, 4) is 6.07 Å². The number of hydrogen-bond donors (Lipinski definition) is 2. The van der Waals surface area contributed by atoms with Gasteiger partial charge in [0.25, 0.3) is 0 Å². The van der Waals surface area contributed by atoms with Crippen molar-refractivity contribution >= 4 is 23.2 Å². The first kappa shape index (κ1) is 20.2. The molecular formula is C22H25N3O2. The number of carbonyl (C=O) groups excluding carboxylic acids is 2. The molecule has 0 aliphatic rings. The van der Waals surface area contributed by atoms with Gasteiger partial charge in [-0.15, -0.1) is 0 Å². The van der Waals surface area contributed by atoms with Gasteiger partial charge >= 0.3 is 0 Å². The quantitative estimate of drug-likeness (QED) is 0.725. The highest BCUT2D eigenvalue weighted by molar-refractivity contribution is 6.08. The van der Waals surface area contributed by atoms with Crippen molar-refractivity contribution in [1.29, 1.82) is 5.26 Å². The fourth-order valence-corrected chi connectivity index (χ4v) is 2.91. The molecule has 0 radical (unpaired) electrons. The minimum atomic E-state index is -0.455. The first-order chi connectivity index (χ1) is 12.8. The molecule has 140 valence electrons. The molecule has 2 N–H and O–H groups in total. The van der Waals surface area contributed by atoms with E-state index in [4.69, 9.17) is 5.26 Å². The molecule has 27 heavy (non-hydrogen) atoms. The first-order valence-corrected chi connectivity index (χ1v) is 9.05. The largest absolute Gasteiger partial charge is 0.325 e. The summed E-state index contributed by atoms with van der Waals surface area (Å²) in [5.74, 6) is -0.342. The maximum Gasteiger partial charge on any atom is 0.233 e. The van der Waals surface area contributed by atoms with Gasteiger partial charge in [0.15, 0.2) is 0 Å². The van der Waals surface area contributed by atoms with E-state index < -0.39 is 5.91 Å². The van der Waals surface area contributed by atoms with Crippen LogP contribution in [0, 0.1) is 11.3 Å². The predicted octanol–water partition coefficient (Wildman–Crippen LogP) is 4.77. The number of para-hydroxylation sites is 2. The van der Waals surface area contributed by atoms with Crippen LogP contribution in [0.4, 0.5) is 11.4 Å². The molecule has 0 aliphatic carbocycles. The summed E-state index contributed by atoms with van der Waals surface area (Å²) in [5, 5.41) is 14.6. The van der Waals surface area contributed by atoms with Crippen LogP contribution in [0.1, 0.15) is 62.6 Å². The molecule has 0 aromatic heterocycles. The maximum absolute atomic E-state index is 12.5.